The fourth-order valence-electron chi connectivity index (χ4n) is 2.81. The monoisotopic (exact) mass is 255 g/mol. The average Bonchev–Trinajstić information content (AvgIpc) is 2.44. The summed E-state index contributed by atoms with van der Waals surface area (Å²) in [4.78, 5) is 14.6. The number of carbonyl (C=O) groups is 1. The second kappa shape index (κ2) is 7.74. The molecule has 0 bridgehead atoms. The van der Waals surface area contributed by atoms with Crippen molar-refractivity contribution in [1.29, 1.82) is 0 Å². The van der Waals surface area contributed by atoms with E-state index >= 15 is 0 Å². The topological polar surface area (TPSA) is 58.4 Å². The molecule has 0 aromatic heterocycles. The van der Waals surface area contributed by atoms with Gasteiger partial charge in [0.2, 0.25) is 5.91 Å². The van der Waals surface area contributed by atoms with E-state index < -0.39 is 0 Å². The summed E-state index contributed by atoms with van der Waals surface area (Å²) in [5.74, 6) is 0.178. The number of hydrogen-bond donors (Lipinski definition) is 2. The summed E-state index contributed by atoms with van der Waals surface area (Å²) in [5, 5.41) is 3.08. The largest absolute Gasteiger partial charge is 0.354 e. The van der Waals surface area contributed by atoms with E-state index in [1.54, 1.807) is 0 Å². The number of likely N-dealkylation sites (N-methyl/N-ethyl adjacent to an activating group) is 1. The van der Waals surface area contributed by atoms with Gasteiger partial charge in [-0.05, 0) is 25.9 Å². The SMILES string of the molecule is CCN(CC)CCNC(=O)C1(CN)CCCCC1. The van der Waals surface area contributed by atoms with Gasteiger partial charge in [0.25, 0.3) is 0 Å². The van der Waals surface area contributed by atoms with Crippen LogP contribution in [0.3, 0.4) is 0 Å². The van der Waals surface area contributed by atoms with Crippen LogP contribution >= 0.6 is 0 Å². The molecule has 18 heavy (non-hydrogen) atoms. The molecule has 0 aromatic carbocycles. The minimum Gasteiger partial charge on any atom is -0.354 e. The summed E-state index contributed by atoms with van der Waals surface area (Å²) in [6, 6.07) is 0. The standard InChI is InChI=1S/C14H29N3O/c1-3-17(4-2)11-10-16-13(18)14(12-15)8-6-5-7-9-14/h3-12,15H2,1-2H3,(H,16,18). The van der Waals surface area contributed by atoms with E-state index in [0.717, 1.165) is 51.9 Å². The van der Waals surface area contributed by atoms with Crippen LogP contribution < -0.4 is 11.1 Å². The molecule has 0 aromatic rings. The Kier molecular flexibility index (Phi) is 6.65. The molecule has 1 saturated carbocycles. The van der Waals surface area contributed by atoms with Gasteiger partial charge in [-0.3, -0.25) is 4.79 Å². The Morgan fingerprint density at radius 1 is 1.22 bits per heavy atom. The van der Waals surface area contributed by atoms with E-state index in [2.05, 4.69) is 24.1 Å². The van der Waals surface area contributed by atoms with Gasteiger partial charge >= 0.3 is 0 Å². The van der Waals surface area contributed by atoms with Gasteiger partial charge in [-0.2, -0.15) is 0 Å². The highest BCUT2D eigenvalue weighted by Crippen LogP contribution is 2.35. The Bertz CT molecular complexity index is 245. The summed E-state index contributed by atoms with van der Waals surface area (Å²) in [6.45, 7) is 8.52. The molecule has 1 amide bonds. The Morgan fingerprint density at radius 3 is 2.33 bits per heavy atom. The Morgan fingerprint density at radius 2 is 1.83 bits per heavy atom. The van der Waals surface area contributed by atoms with Gasteiger partial charge < -0.3 is 16.0 Å². The lowest BCUT2D eigenvalue weighted by Crippen LogP contribution is -2.48. The van der Waals surface area contributed by atoms with Crippen molar-refractivity contribution < 1.29 is 4.79 Å². The van der Waals surface area contributed by atoms with Crippen LogP contribution in [0.4, 0.5) is 0 Å². The molecule has 1 aliphatic rings. The van der Waals surface area contributed by atoms with E-state index in [-0.39, 0.29) is 11.3 Å². The van der Waals surface area contributed by atoms with E-state index in [0.29, 0.717) is 6.54 Å². The average molecular weight is 255 g/mol. The number of rotatable bonds is 7. The van der Waals surface area contributed by atoms with Crippen molar-refractivity contribution in [2.24, 2.45) is 11.1 Å². The fourth-order valence-corrected chi connectivity index (χ4v) is 2.81. The number of carbonyl (C=O) groups excluding carboxylic acids is 1. The third-order valence-corrected chi connectivity index (χ3v) is 4.29. The van der Waals surface area contributed by atoms with E-state index in [1.165, 1.54) is 6.42 Å². The Balaban J connectivity index is 2.38. The summed E-state index contributed by atoms with van der Waals surface area (Å²) < 4.78 is 0. The van der Waals surface area contributed by atoms with Crippen LogP contribution in [0, 0.1) is 5.41 Å². The molecule has 4 nitrogen and oxygen atoms in total. The van der Waals surface area contributed by atoms with Crippen LogP contribution in [0.2, 0.25) is 0 Å². The first-order valence-electron chi connectivity index (χ1n) is 7.39. The lowest BCUT2D eigenvalue weighted by Gasteiger charge is -2.34. The van der Waals surface area contributed by atoms with Crippen molar-refractivity contribution in [2.75, 3.05) is 32.7 Å². The van der Waals surface area contributed by atoms with Crippen LogP contribution in [-0.4, -0.2) is 43.5 Å². The van der Waals surface area contributed by atoms with Crippen LogP contribution in [0.15, 0.2) is 0 Å². The lowest BCUT2D eigenvalue weighted by atomic mass is 9.73. The van der Waals surface area contributed by atoms with Gasteiger partial charge in [0.05, 0.1) is 5.41 Å². The summed E-state index contributed by atoms with van der Waals surface area (Å²) in [7, 11) is 0. The highest BCUT2D eigenvalue weighted by molar-refractivity contribution is 5.83. The Labute approximate surface area is 111 Å². The fraction of sp³-hybridized carbons (Fsp3) is 0.929. The summed E-state index contributed by atoms with van der Waals surface area (Å²) in [6.07, 6.45) is 5.44. The van der Waals surface area contributed by atoms with Crippen molar-refractivity contribution in [3.05, 3.63) is 0 Å². The molecule has 0 heterocycles. The van der Waals surface area contributed by atoms with Gasteiger partial charge in [0.15, 0.2) is 0 Å². The molecule has 0 aliphatic heterocycles. The molecule has 1 aliphatic carbocycles. The smallest absolute Gasteiger partial charge is 0.227 e. The first-order chi connectivity index (χ1) is 8.68. The number of amides is 1. The van der Waals surface area contributed by atoms with E-state index in [4.69, 9.17) is 5.73 Å². The van der Waals surface area contributed by atoms with Crippen LogP contribution in [0.1, 0.15) is 46.0 Å². The summed E-state index contributed by atoms with van der Waals surface area (Å²) >= 11 is 0. The molecule has 0 spiro atoms. The zero-order chi connectivity index (χ0) is 13.4. The second-order valence-electron chi connectivity index (χ2n) is 5.33. The predicted octanol–water partition coefficient (Wildman–Crippen LogP) is 1.35. The first kappa shape index (κ1) is 15.4. The van der Waals surface area contributed by atoms with Crippen molar-refractivity contribution in [3.63, 3.8) is 0 Å². The van der Waals surface area contributed by atoms with Gasteiger partial charge in [0, 0.05) is 19.6 Å². The number of nitrogens with one attached hydrogen (secondary N) is 1. The zero-order valence-corrected chi connectivity index (χ0v) is 12.0. The number of nitrogens with zero attached hydrogens (tertiary/aromatic N) is 1. The zero-order valence-electron chi connectivity index (χ0n) is 12.0. The predicted molar refractivity (Wildman–Crippen MR) is 75.4 cm³/mol. The molecule has 0 atom stereocenters. The minimum absolute atomic E-state index is 0.178. The van der Waals surface area contributed by atoms with Crippen LogP contribution in [0.25, 0.3) is 0 Å². The maximum atomic E-state index is 12.3. The van der Waals surface area contributed by atoms with Gasteiger partial charge in [-0.1, -0.05) is 33.1 Å². The van der Waals surface area contributed by atoms with Crippen LogP contribution in [0.5, 0.6) is 0 Å². The van der Waals surface area contributed by atoms with Crippen molar-refractivity contribution in [2.45, 2.75) is 46.0 Å². The molecule has 0 saturated heterocycles. The molecular weight excluding hydrogens is 226 g/mol. The lowest BCUT2D eigenvalue weighted by molar-refractivity contribution is -0.132. The number of hydrogen-bond acceptors (Lipinski definition) is 3. The quantitative estimate of drug-likeness (QED) is 0.722. The van der Waals surface area contributed by atoms with Crippen molar-refractivity contribution >= 4 is 5.91 Å². The van der Waals surface area contributed by atoms with Gasteiger partial charge in [-0.15, -0.1) is 0 Å². The van der Waals surface area contributed by atoms with Crippen molar-refractivity contribution in [3.8, 4) is 0 Å². The maximum Gasteiger partial charge on any atom is 0.227 e. The number of nitrogens with two attached hydrogens (primary N) is 1. The normalized spacial score (nSPS) is 18.9. The molecular formula is C14H29N3O. The molecule has 3 N–H and O–H groups in total. The van der Waals surface area contributed by atoms with E-state index in [9.17, 15) is 4.79 Å². The third-order valence-electron chi connectivity index (χ3n) is 4.29. The maximum absolute atomic E-state index is 12.3. The molecule has 1 rings (SSSR count). The van der Waals surface area contributed by atoms with Gasteiger partial charge in [0.1, 0.15) is 0 Å². The Hall–Kier alpha value is -0.610. The highest BCUT2D eigenvalue weighted by Gasteiger charge is 2.37. The van der Waals surface area contributed by atoms with Crippen LogP contribution in [-0.2, 0) is 4.79 Å². The minimum atomic E-state index is -0.276. The first-order valence-corrected chi connectivity index (χ1v) is 7.39. The third kappa shape index (κ3) is 3.95. The molecule has 106 valence electrons. The van der Waals surface area contributed by atoms with E-state index in [1.807, 2.05) is 0 Å². The molecule has 0 unspecified atom stereocenters. The molecule has 1 fully saturated rings. The molecule has 0 radical (unpaired) electrons. The van der Waals surface area contributed by atoms with Gasteiger partial charge in [-0.25, -0.2) is 0 Å². The second-order valence-corrected chi connectivity index (χ2v) is 5.33. The summed E-state index contributed by atoms with van der Waals surface area (Å²) in [5.41, 5.74) is 5.58. The molecule has 4 heteroatoms. The van der Waals surface area contributed by atoms with Crippen molar-refractivity contribution in [1.82, 2.24) is 10.2 Å². The highest BCUT2D eigenvalue weighted by atomic mass is 16.2.